The third-order valence-corrected chi connectivity index (χ3v) is 4.72. The number of nitrogens with zero attached hydrogens (tertiary/aromatic N) is 2. The summed E-state index contributed by atoms with van der Waals surface area (Å²) < 4.78 is 20.7. The number of rotatable bonds is 6. The van der Waals surface area contributed by atoms with Gasteiger partial charge in [-0.1, -0.05) is 26.0 Å². The molecule has 2 N–H and O–H groups in total. The van der Waals surface area contributed by atoms with Crippen LogP contribution in [0.3, 0.4) is 0 Å². The van der Waals surface area contributed by atoms with Gasteiger partial charge in [-0.3, -0.25) is 5.32 Å². The van der Waals surface area contributed by atoms with Gasteiger partial charge in [-0.2, -0.15) is 0 Å². The Morgan fingerprint density at radius 2 is 1.79 bits per heavy atom. The Balaban J connectivity index is 2.16. The molecule has 3 rings (SSSR count). The number of carboxylic acids is 1. The second-order valence-electron chi connectivity index (χ2n) is 9.06. The maximum absolute atomic E-state index is 13.6. The van der Waals surface area contributed by atoms with Crippen LogP contribution in [0, 0.1) is 5.82 Å². The van der Waals surface area contributed by atoms with E-state index in [0.29, 0.717) is 34.0 Å². The fourth-order valence-electron chi connectivity index (χ4n) is 3.40. The van der Waals surface area contributed by atoms with Crippen molar-refractivity contribution in [2.24, 2.45) is 0 Å². The molecular weight excluding hydrogens is 437 g/mol. The van der Waals surface area contributed by atoms with Gasteiger partial charge in [0.15, 0.2) is 0 Å². The summed E-state index contributed by atoms with van der Waals surface area (Å²) in [5.74, 6) is -0.879. The topological polar surface area (TPSA) is 93.5 Å². The molecule has 0 spiro atoms. The molecule has 0 atom stereocenters. The summed E-state index contributed by atoms with van der Waals surface area (Å²) in [4.78, 5) is 28.3. The number of anilines is 1. The van der Waals surface area contributed by atoms with Gasteiger partial charge in [0.1, 0.15) is 17.2 Å². The molecule has 1 amide bonds. The molecule has 7 nitrogen and oxygen atoms in total. The zero-order valence-corrected chi connectivity index (χ0v) is 19.8. The number of imidazole rings is 1. The first-order valence-corrected chi connectivity index (χ1v) is 10.8. The molecule has 8 heteroatoms. The Morgan fingerprint density at radius 1 is 1.12 bits per heavy atom. The second kappa shape index (κ2) is 9.91. The fourth-order valence-corrected chi connectivity index (χ4v) is 3.40. The minimum absolute atomic E-state index is 0.0329. The zero-order valence-electron chi connectivity index (χ0n) is 19.8. The maximum Gasteiger partial charge on any atom is 0.412 e. The summed E-state index contributed by atoms with van der Waals surface area (Å²) in [6.07, 6.45) is 1.89. The number of aliphatic carboxylic acids is 1. The largest absolute Gasteiger partial charge is 0.478 e. The summed E-state index contributed by atoms with van der Waals surface area (Å²) in [6.45, 7) is 9.24. The Labute approximate surface area is 197 Å². The van der Waals surface area contributed by atoms with Crippen LogP contribution in [0.4, 0.5) is 14.9 Å². The third-order valence-electron chi connectivity index (χ3n) is 4.72. The number of hydrogen-bond acceptors (Lipinski definition) is 4. The van der Waals surface area contributed by atoms with Gasteiger partial charge in [0, 0.05) is 35.0 Å². The first kappa shape index (κ1) is 24.7. The molecule has 1 heterocycles. The average molecular weight is 466 g/mol. The van der Waals surface area contributed by atoms with Crippen LogP contribution in [0.5, 0.6) is 0 Å². The minimum Gasteiger partial charge on any atom is -0.478 e. The van der Waals surface area contributed by atoms with E-state index >= 15 is 0 Å². The number of carbonyl (C=O) groups excluding carboxylic acids is 1. The lowest BCUT2D eigenvalue weighted by Crippen LogP contribution is -2.27. The monoisotopic (exact) mass is 465 g/mol. The van der Waals surface area contributed by atoms with E-state index in [1.54, 1.807) is 55.7 Å². The summed E-state index contributed by atoms with van der Waals surface area (Å²) in [5.41, 5.74) is 2.40. The molecule has 0 saturated carbocycles. The van der Waals surface area contributed by atoms with Crippen LogP contribution < -0.4 is 5.32 Å². The summed E-state index contributed by atoms with van der Waals surface area (Å²) in [7, 11) is 0. The van der Waals surface area contributed by atoms with Crippen LogP contribution in [-0.4, -0.2) is 32.3 Å². The zero-order chi connectivity index (χ0) is 25.0. The number of hydrogen-bond donors (Lipinski definition) is 2. The molecule has 178 valence electrons. The number of aromatic nitrogens is 2. The van der Waals surface area contributed by atoms with Crippen molar-refractivity contribution in [3.8, 4) is 22.5 Å². The van der Waals surface area contributed by atoms with Gasteiger partial charge in [-0.25, -0.2) is 19.0 Å². The Hall–Kier alpha value is -3.94. The predicted molar refractivity (Wildman–Crippen MR) is 130 cm³/mol. The molecule has 2 aromatic carbocycles. The highest BCUT2D eigenvalue weighted by molar-refractivity contribution is 5.88. The van der Waals surface area contributed by atoms with Gasteiger partial charge >= 0.3 is 12.1 Å². The van der Waals surface area contributed by atoms with E-state index in [1.165, 1.54) is 18.3 Å². The van der Waals surface area contributed by atoms with Crippen LogP contribution in [0.2, 0.25) is 0 Å². The normalized spacial score (nSPS) is 11.7. The van der Waals surface area contributed by atoms with Crippen molar-refractivity contribution >= 4 is 23.9 Å². The molecule has 0 aliphatic rings. The molecule has 0 unspecified atom stereocenters. The second-order valence-corrected chi connectivity index (χ2v) is 9.06. The van der Waals surface area contributed by atoms with Crippen LogP contribution in [-0.2, 0) is 9.53 Å². The quantitative estimate of drug-likeness (QED) is 0.412. The smallest absolute Gasteiger partial charge is 0.412 e. The van der Waals surface area contributed by atoms with Crippen LogP contribution in [0.25, 0.3) is 28.7 Å². The first-order valence-electron chi connectivity index (χ1n) is 10.8. The average Bonchev–Trinajstić information content (AvgIpc) is 3.11. The molecule has 3 aromatic rings. The van der Waals surface area contributed by atoms with Crippen molar-refractivity contribution in [1.29, 1.82) is 0 Å². The number of halogens is 1. The number of ether oxygens (including phenoxy) is 1. The van der Waals surface area contributed by atoms with E-state index in [0.717, 1.165) is 6.08 Å². The number of carbonyl (C=O) groups is 2. The number of benzene rings is 2. The van der Waals surface area contributed by atoms with Crippen molar-refractivity contribution in [1.82, 2.24) is 9.55 Å². The van der Waals surface area contributed by atoms with E-state index in [-0.39, 0.29) is 11.7 Å². The summed E-state index contributed by atoms with van der Waals surface area (Å²) in [5, 5.41) is 11.9. The van der Waals surface area contributed by atoms with Gasteiger partial charge in [0.2, 0.25) is 0 Å². The number of amides is 1. The van der Waals surface area contributed by atoms with Gasteiger partial charge in [-0.05, 0) is 57.2 Å². The van der Waals surface area contributed by atoms with E-state index in [9.17, 15) is 19.1 Å². The Kier molecular flexibility index (Phi) is 7.20. The standard InChI is InChI=1S/C26H28FN3O4/c1-16(2)24-29-22(18-7-6-8-20(15-18)28-25(33)34-26(3,4)5)23(30(24)14-13-21(31)32)17-9-11-19(27)12-10-17/h6-16H,1-5H3,(H,28,33)(H,31,32)/b14-13+. The highest BCUT2D eigenvalue weighted by atomic mass is 19.1. The summed E-state index contributed by atoms with van der Waals surface area (Å²) in [6, 6.07) is 13.0. The minimum atomic E-state index is -1.10. The van der Waals surface area contributed by atoms with E-state index in [4.69, 9.17) is 9.72 Å². The fraction of sp³-hybridized carbons (Fsp3) is 0.269. The van der Waals surface area contributed by atoms with E-state index < -0.39 is 17.7 Å². The molecule has 0 saturated heterocycles. The number of nitrogens with one attached hydrogen (secondary N) is 1. The SMILES string of the molecule is CC(C)c1nc(-c2cccc(NC(=O)OC(C)(C)C)c2)c(-c2ccc(F)cc2)n1/C=C/C(=O)O. The maximum atomic E-state index is 13.6. The van der Waals surface area contributed by atoms with Crippen molar-refractivity contribution < 1.29 is 23.8 Å². The Morgan fingerprint density at radius 3 is 2.38 bits per heavy atom. The highest BCUT2D eigenvalue weighted by Gasteiger charge is 2.22. The Bertz CT molecular complexity index is 1220. The molecule has 0 fully saturated rings. The lowest BCUT2D eigenvalue weighted by Gasteiger charge is -2.19. The molecular formula is C26H28FN3O4. The predicted octanol–water partition coefficient (Wildman–Crippen LogP) is 6.38. The van der Waals surface area contributed by atoms with Crippen molar-refractivity contribution in [3.63, 3.8) is 0 Å². The molecule has 0 aliphatic carbocycles. The van der Waals surface area contributed by atoms with Gasteiger partial charge < -0.3 is 14.4 Å². The van der Waals surface area contributed by atoms with Crippen molar-refractivity contribution in [2.75, 3.05) is 5.32 Å². The van der Waals surface area contributed by atoms with Crippen LogP contribution in [0.1, 0.15) is 46.4 Å². The van der Waals surface area contributed by atoms with Gasteiger partial charge in [0.05, 0.1) is 11.4 Å². The van der Waals surface area contributed by atoms with Crippen molar-refractivity contribution in [3.05, 3.63) is 66.2 Å². The van der Waals surface area contributed by atoms with Gasteiger partial charge in [-0.15, -0.1) is 0 Å². The van der Waals surface area contributed by atoms with E-state index in [2.05, 4.69) is 5.32 Å². The molecule has 0 radical (unpaired) electrons. The molecule has 1 aromatic heterocycles. The number of carboxylic acid groups (broad SMARTS) is 1. The first-order chi connectivity index (χ1) is 15.9. The van der Waals surface area contributed by atoms with Gasteiger partial charge in [0.25, 0.3) is 0 Å². The molecule has 0 bridgehead atoms. The summed E-state index contributed by atoms with van der Waals surface area (Å²) >= 11 is 0. The van der Waals surface area contributed by atoms with Crippen molar-refractivity contribution in [2.45, 2.75) is 46.1 Å². The van der Waals surface area contributed by atoms with Crippen LogP contribution >= 0.6 is 0 Å². The lowest BCUT2D eigenvalue weighted by molar-refractivity contribution is -0.131. The highest BCUT2D eigenvalue weighted by Crippen LogP contribution is 2.36. The van der Waals surface area contributed by atoms with E-state index in [1.807, 2.05) is 19.9 Å². The lowest BCUT2D eigenvalue weighted by atomic mass is 10.0. The molecule has 0 aliphatic heterocycles. The van der Waals surface area contributed by atoms with Crippen LogP contribution in [0.15, 0.2) is 54.6 Å². The molecule has 34 heavy (non-hydrogen) atoms. The third kappa shape index (κ3) is 6.10.